The Labute approximate surface area is 157 Å². The van der Waals surface area contributed by atoms with Crippen LogP contribution in [-0.4, -0.2) is 10.1 Å². The van der Waals surface area contributed by atoms with Crippen LogP contribution in [0.1, 0.15) is 16.7 Å². The highest BCUT2D eigenvalue weighted by atomic mass is 16.3. The summed E-state index contributed by atoms with van der Waals surface area (Å²) in [5.41, 5.74) is 6.93. The van der Waals surface area contributed by atoms with Crippen molar-refractivity contribution in [2.24, 2.45) is 4.99 Å². The number of phenolic OH excluding ortho intramolecular Hbond substituents is 1. The first kappa shape index (κ1) is 17.0. The molecule has 0 atom stereocenters. The third-order valence-corrected chi connectivity index (χ3v) is 4.57. The zero-order valence-electron chi connectivity index (χ0n) is 15.5. The molecule has 0 bridgehead atoms. The van der Waals surface area contributed by atoms with Gasteiger partial charge in [0.2, 0.25) is 5.55 Å². The van der Waals surface area contributed by atoms with Gasteiger partial charge in [0.15, 0.2) is 5.58 Å². The molecule has 4 nitrogen and oxygen atoms in total. The number of nitrogens with zero attached hydrogens (tertiary/aromatic N) is 2. The quantitative estimate of drug-likeness (QED) is 0.526. The van der Waals surface area contributed by atoms with Gasteiger partial charge in [0, 0.05) is 5.56 Å². The van der Waals surface area contributed by atoms with Gasteiger partial charge in [-0.05, 0) is 61.7 Å². The number of hydrogen-bond acceptors (Lipinski definition) is 4. The van der Waals surface area contributed by atoms with Crippen LogP contribution in [0.5, 0.6) is 5.75 Å². The van der Waals surface area contributed by atoms with Crippen LogP contribution < -0.4 is 5.55 Å². The van der Waals surface area contributed by atoms with Crippen LogP contribution in [-0.2, 0) is 0 Å². The lowest BCUT2D eigenvalue weighted by molar-refractivity contribution is 0.475. The second-order valence-electron chi connectivity index (χ2n) is 6.71. The molecule has 3 aromatic carbocycles. The average Bonchev–Trinajstić information content (AvgIpc) is 2.65. The van der Waals surface area contributed by atoms with Gasteiger partial charge in [-0.3, -0.25) is 0 Å². The standard InChI is InChI=1S/C23H20N2O2/c1-14-11-12-18-20(13-14)27-23(25-21-15(2)7-6-8-16(21)3)22(24-18)17-9-4-5-10-19(17)26/h4-13,26H,1-3H3. The maximum Gasteiger partial charge on any atom is 0.246 e. The second kappa shape index (κ2) is 6.72. The lowest BCUT2D eigenvalue weighted by atomic mass is 10.1. The van der Waals surface area contributed by atoms with Gasteiger partial charge in [0.25, 0.3) is 0 Å². The van der Waals surface area contributed by atoms with Crippen LogP contribution >= 0.6 is 0 Å². The van der Waals surface area contributed by atoms with Crippen molar-refractivity contribution in [2.75, 3.05) is 0 Å². The van der Waals surface area contributed by atoms with Crippen LogP contribution in [0.15, 0.2) is 70.1 Å². The Kier molecular flexibility index (Phi) is 4.24. The number of fused-ring (bicyclic) bond motifs is 1. The molecule has 0 fully saturated rings. The Morgan fingerprint density at radius 2 is 1.63 bits per heavy atom. The van der Waals surface area contributed by atoms with Gasteiger partial charge in [-0.1, -0.05) is 36.4 Å². The maximum absolute atomic E-state index is 10.4. The molecule has 0 aliphatic rings. The highest BCUT2D eigenvalue weighted by Gasteiger charge is 2.13. The van der Waals surface area contributed by atoms with Crippen LogP contribution in [0.3, 0.4) is 0 Å². The van der Waals surface area contributed by atoms with Crippen molar-refractivity contribution in [2.45, 2.75) is 20.8 Å². The van der Waals surface area contributed by atoms with Crippen molar-refractivity contribution in [3.05, 3.63) is 82.9 Å². The molecule has 0 aliphatic heterocycles. The number of aromatic nitrogens is 1. The summed E-state index contributed by atoms with van der Waals surface area (Å²) < 4.78 is 6.16. The van der Waals surface area contributed by atoms with E-state index in [1.165, 1.54) is 0 Å². The summed E-state index contributed by atoms with van der Waals surface area (Å²) in [6.07, 6.45) is 0. The number of rotatable bonds is 2. The smallest absolute Gasteiger partial charge is 0.246 e. The van der Waals surface area contributed by atoms with Gasteiger partial charge < -0.3 is 9.52 Å². The average molecular weight is 356 g/mol. The number of benzene rings is 3. The minimum atomic E-state index is 0.143. The second-order valence-corrected chi connectivity index (χ2v) is 6.71. The minimum absolute atomic E-state index is 0.143. The monoisotopic (exact) mass is 356 g/mol. The molecular formula is C23H20N2O2. The molecule has 0 saturated heterocycles. The topological polar surface area (TPSA) is 58.6 Å². The molecule has 0 spiro atoms. The van der Waals surface area contributed by atoms with Crippen molar-refractivity contribution in [3.63, 3.8) is 0 Å². The molecule has 4 rings (SSSR count). The Hall–Kier alpha value is -3.40. The fourth-order valence-electron chi connectivity index (χ4n) is 3.12. The molecule has 1 heterocycles. The van der Waals surface area contributed by atoms with Crippen molar-refractivity contribution in [1.29, 1.82) is 0 Å². The first-order chi connectivity index (χ1) is 13.0. The summed E-state index contributed by atoms with van der Waals surface area (Å²) in [6.45, 7) is 6.04. The zero-order chi connectivity index (χ0) is 19.0. The van der Waals surface area contributed by atoms with E-state index in [0.29, 0.717) is 22.4 Å². The predicted octanol–water partition coefficient (Wildman–Crippen LogP) is 5.36. The predicted molar refractivity (Wildman–Crippen MR) is 107 cm³/mol. The fourth-order valence-corrected chi connectivity index (χ4v) is 3.12. The molecule has 4 heteroatoms. The molecule has 4 aromatic rings. The van der Waals surface area contributed by atoms with Crippen LogP contribution in [0.2, 0.25) is 0 Å². The van der Waals surface area contributed by atoms with Crippen molar-refractivity contribution in [1.82, 2.24) is 4.98 Å². The molecule has 0 radical (unpaired) electrons. The number of hydrogen-bond donors (Lipinski definition) is 1. The molecule has 0 amide bonds. The summed E-state index contributed by atoms with van der Waals surface area (Å²) in [5, 5.41) is 10.4. The van der Waals surface area contributed by atoms with Crippen molar-refractivity contribution < 1.29 is 9.52 Å². The molecule has 0 aliphatic carbocycles. The van der Waals surface area contributed by atoms with E-state index in [-0.39, 0.29) is 5.75 Å². The van der Waals surface area contributed by atoms with Crippen molar-refractivity contribution in [3.8, 4) is 17.0 Å². The molecule has 0 unspecified atom stereocenters. The number of aryl methyl sites for hydroxylation is 3. The van der Waals surface area contributed by atoms with Gasteiger partial charge in [0.1, 0.15) is 17.0 Å². The first-order valence-corrected chi connectivity index (χ1v) is 8.84. The van der Waals surface area contributed by atoms with E-state index in [4.69, 9.17) is 14.4 Å². The fraction of sp³-hybridized carbons (Fsp3) is 0.130. The number of para-hydroxylation sites is 2. The van der Waals surface area contributed by atoms with E-state index in [9.17, 15) is 5.11 Å². The third kappa shape index (κ3) is 3.22. The lowest BCUT2D eigenvalue weighted by Crippen LogP contribution is -2.09. The summed E-state index contributed by atoms with van der Waals surface area (Å²) in [6, 6.07) is 19.0. The highest BCUT2D eigenvalue weighted by molar-refractivity contribution is 5.77. The maximum atomic E-state index is 10.4. The molecule has 0 saturated carbocycles. The van der Waals surface area contributed by atoms with Crippen LogP contribution in [0.4, 0.5) is 5.69 Å². The van der Waals surface area contributed by atoms with Gasteiger partial charge >= 0.3 is 0 Å². The van der Waals surface area contributed by atoms with Crippen molar-refractivity contribution >= 4 is 16.8 Å². The van der Waals surface area contributed by atoms with Gasteiger partial charge in [-0.15, -0.1) is 0 Å². The Morgan fingerprint density at radius 3 is 2.37 bits per heavy atom. The molecule has 27 heavy (non-hydrogen) atoms. The molecular weight excluding hydrogens is 336 g/mol. The summed E-state index contributed by atoms with van der Waals surface area (Å²) >= 11 is 0. The third-order valence-electron chi connectivity index (χ3n) is 4.57. The summed E-state index contributed by atoms with van der Waals surface area (Å²) in [5.74, 6) is 0.143. The SMILES string of the molecule is Cc1ccc2nc(-c3ccccc3O)c(=Nc3c(C)cccc3C)oc2c1. The molecule has 134 valence electrons. The van der Waals surface area contributed by atoms with E-state index in [0.717, 1.165) is 27.9 Å². The Balaban J connectivity index is 2.10. The zero-order valence-corrected chi connectivity index (χ0v) is 15.5. The van der Waals surface area contributed by atoms with Crippen LogP contribution in [0.25, 0.3) is 22.4 Å². The largest absolute Gasteiger partial charge is 0.507 e. The lowest BCUT2D eigenvalue weighted by Gasteiger charge is -2.08. The normalized spacial score (nSPS) is 11.9. The molecule has 1 aromatic heterocycles. The number of aromatic hydroxyl groups is 1. The van der Waals surface area contributed by atoms with Gasteiger partial charge in [-0.25, -0.2) is 9.98 Å². The minimum Gasteiger partial charge on any atom is -0.507 e. The first-order valence-electron chi connectivity index (χ1n) is 8.84. The van der Waals surface area contributed by atoms with Gasteiger partial charge in [0.05, 0.1) is 5.69 Å². The van der Waals surface area contributed by atoms with E-state index >= 15 is 0 Å². The highest BCUT2D eigenvalue weighted by Crippen LogP contribution is 2.28. The van der Waals surface area contributed by atoms with E-state index < -0.39 is 0 Å². The van der Waals surface area contributed by atoms with Crippen LogP contribution in [0, 0.1) is 20.8 Å². The Bertz CT molecular complexity index is 1200. The van der Waals surface area contributed by atoms with E-state index in [1.807, 2.05) is 69.3 Å². The van der Waals surface area contributed by atoms with E-state index in [1.54, 1.807) is 12.1 Å². The number of phenols is 1. The summed E-state index contributed by atoms with van der Waals surface area (Å²) in [7, 11) is 0. The van der Waals surface area contributed by atoms with Gasteiger partial charge in [-0.2, -0.15) is 0 Å². The van der Waals surface area contributed by atoms with E-state index in [2.05, 4.69) is 0 Å². The molecule has 1 N–H and O–H groups in total. The summed E-state index contributed by atoms with van der Waals surface area (Å²) in [4.78, 5) is 9.55. The Morgan fingerprint density at radius 1 is 0.889 bits per heavy atom.